The fourth-order valence-corrected chi connectivity index (χ4v) is 5.38. The van der Waals surface area contributed by atoms with Gasteiger partial charge in [-0.15, -0.1) is 0 Å². The van der Waals surface area contributed by atoms with E-state index in [-0.39, 0.29) is 5.91 Å². The number of amides is 1. The Balaban J connectivity index is 1.33. The Hall–Kier alpha value is -2.48. The summed E-state index contributed by atoms with van der Waals surface area (Å²) in [7, 11) is 0. The van der Waals surface area contributed by atoms with Crippen molar-refractivity contribution in [2.45, 2.75) is 24.8 Å². The lowest BCUT2D eigenvalue weighted by atomic mass is 10.1. The van der Waals surface area contributed by atoms with Gasteiger partial charge in [0.15, 0.2) is 5.16 Å². The first kappa shape index (κ1) is 25.6. The highest BCUT2D eigenvalue weighted by Crippen LogP contribution is 2.27. The highest BCUT2D eigenvalue weighted by atomic mass is 35.5. The maximum absolute atomic E-state index is 13.0. The Labute approximate surface area is 221 Å². The molecule has 0 unspecified atom stereocenters. The van der Waals surface area contributed by atoms with E-state index in [2.05, 4.69) is 33.6 Å². The van der Waals surface area contributed by atoms with E-state index in [1.165, 1.54) is 11.8 Å². The van der Waals surface area contributed by atoms with Gasteiger partial charge in [0.05, 0.1) is 10.7 Å². The fourth-order valence-electron chi connectivity index (χ4n) is 4.09. The number of aromatic nitrogens is 2. The predicted octanol–water partition coefficient (Wildman–Crippen LogP) is 5.88. The van der Waals surface area contributed by atoms with Crippen molar-refractivity contribution in [2.75, 3.05) is 49.1 Å². The molecule has 2 heterocycles. The summed E-state index contributed by atoms with van der Waals surface area (Å²) in [5.41, 5.74) is 2.83. The Bertz CT molecular complexity index is 1150. The number of nitrogens with zero attached hydrogens (tertiary/aromatic N) is 5. The lowest BCUT2D eigenvalue weighted by Crippen LogP contribution is -2.48. The molecular formula is C26H29Cl2N5OS. The zero-order chi connectivity index (χ0) is 24.8. The minimum Gasteiger partial charge on any atom is -0.367 e. The number of hydrogen-bond donors (Lipinski definition) is 0. The maximum Gasteiger partial charge on any atom is 0.253 e. The Morgan fingerprint density at radius 3 is 2.31 bits per heavy atom. The molecule has 1 fully saturated rings. The van der Waals surface area contributed by atoms with E-state index in [9.17, 15) is 4.79 Å². The summed E-state index contributed by atoms with van der Waals surface area (Å²) < 4.78 is 0. The number of anilines is 2. The van der Waals surface area contributed by atoms with Gasteiger partial charge in [0.2, 0.25) is 0 Å². The molecule has 3 aromatic rings. The van der Waals surface area contributed by atoms with E-state index in [4.69, 9.17) is 23.2 Å². The van der Waals surface area contributed by atoms with Crippen LogP contribution < -0.4 is 9.80 Å². The number of thioether (sulfide) groups is 1. The molecule has 1 amide bonds. The molecule has 0 bridgehead atoms. The van der Waals surface area contributed by atoms with Crippen molar-refractivity contribution in [2.24, 2.45) is 0 Å². The Kier molecular flexibility index (Phi) is 8.76. The van der Waals surface area contributed by atoms with E-state index < -0.39 is 0 Å². The summed E-state index contributed by atoms with van der Waals surface area (Å²) in [4.78, 5) is 28.3. The van der Waals surface area contributed by atoms with Gasteiger partial charge in [-0.05, 0) is 43.7 Å². The summed E-state index contributed by atoms with van der Waals surface area (Å²) in [5.74, 6) is 1.60. The summed E-state index contributed by atoms with van der Waals surface area (Å²) in [5, 5.41) is 1.84. The van der Waals surface area contributed by atoms with Crippen LogP contribution in [0.3, 0.4) is 0 Å². The van der Waals surface area contributed by atoms with Crippen molar-refractivity contribution in [1.29, 1.82) is 0 Å². The summed E-state index contributed by atoms with van der Waals surface area (Å²) >= 11 is 14.1. The third-order valence-electron chi connectivity index (χ3n) is 6.08. The molecule has 0 aliphatic carbocycles. The molecule has 184 valence electrons. The number of carbonyl (C=O) groups excluding carboxylic acids is 1. The van der Waals surface area contributed by atoms with E-state index in [1.54, 1.807) is 6.07 Å². The predicted molar refractivity (Wildman–Crippen MR) is 146 cm³/mol. The molecule has 35 heavy (non-hydrogen) atoms. The first-order valence-electron chi connectivity index (χ1n) is 11.8. The van der Waals surface area contributed by atoms with E-state index in [1.807, 2.05) is 53.4 Å². The molecule has 0 saturated carbocycles. The second-order valence-electron chi connectivity index (χ2n) is 8.22. The van der Waals surface area contributed by atoms with Gasteiger partial charge in [0, 0.05) is 56.7 Å². The SMILES string of the molecule is CCN(CC)c1cc(Cl)nc(SCc2ccc(C(=O)N3CCN(c4ccccc4Cl)CC3)cc2)n1. The van der Waals surface area contributed by atoms with Gasteiger partial charge in [-0.3, -0.25) is 4.79 Å². The van der Waals surface area contributed by atoms with Gasteiger partial charge in [-0.1, -0.05) is 59.2 Å². The van der Waals surface area contributed by atoms with E-state index in [0.29, 0.717) is 34.7 Å². The molecule has 1 aliphatic heterocycles. The zero-order valence-electron chi connectivity index (χ0n) is 20.0. The number of para-hydroxylation sites is 1. The highest BCUT2D eigenvalue weighted by Gasteiger charge is 2.23. The van der Waals surface area contributed by atoms with Crippen LogP contribution in [0.2, 0.25) is 10.2 Å². The quantitative estimate of drug-likeness (QED) is 0.206. The van der Waals surface area contributed by atoms with Crippen LogP contribution in [0.1, 0.15) is 29.8 Å². The van der Waals surface area contributed by atoms with Crippen LogP contribution in [0.4, 0.5) is 11.5 Å². The topological polar surface area (TPSA) is 52.6 Å². The van der Waals surface area contributed by atoms with E-state index >= 15 is 0 Å². The molecule has 4 rings (SSSR count). The van der Waals surface area contributed by atoms with Crippen molar-refractivity contribution in [1.82, 2.24) is 14.9 Å². The van der Waals surface area contributed by atoms with Crippen molar-refractivity contribution < 1.29 is 4.79 Å². The van der Waals surface area contributed by atoms with Gasteiger partial charge < -0.3 is 14.7 Å². The van der Waals surface area contributed by atoms with Crippen LogP contribution in [0, 0.1) is 0 Å². The molecule has 9 heteroatoms. The van der Waals surface area contributed by atoms with Gasteiger partial charge >= 0.3 is 0 Å². The van der Waals surface area contributed by atoms with Gasteiger partial charge in [0.1, 0.15) is 11.0 Å². The highest BCUT2D eigenvalue weighted by molar-refractivity contribution is 7.98. The number of benzene rings is 2. The third kappa shape index (κ3) is 6.40. The van der Waals surface area contributed by atoms with Crippen LogP contribution in [0.5, 0.6) is 0 Å². The van der Waals surface area contributed by atoms with Gasteiger partial charge in [0.25, 0.3) is 5.91 Å². The first-order valence-corrected chi connectivity index (χ1v) is 13.5. The Morgan fingerprint density at radius 2 is 1.66 bits per heavy atom. The van der Waals surface area contributed by atoms with Crippen LogP contribution in [0.15, 0.2) is 59.8 Å². The average Bonchev–Trinajstić information content (AvgIpc) is 2.88. The smallest absolute Gasteiger partial charge is 0.253 e. The largest absolute Gasteiger partial charge is 0.367 e. The number of rotatable bonds is 8. The first-order chi connectivity index (χ1) is 17.0. The Morgan fingerprint density at radius 1 is 0.971 bits per heavy atom. The monoisotopic (exact) mass is 529 g/mol. The summed E-state index contributed by atoms with van der Waals surface area (Å²) in [6.07, 6.45) is 0. The summed E-state index contributed by atoms with van der Waals surface area (Å²) in [6.45, 7) is 8.77. The van der Waals surface area contributed by atoms with Crippen molar-refractivity contribution in [3.63, 3.8) is 0 Å². The number of piperazine rings is 1. The molecule has 1 aromatic heterocycles. The van der Waals surface area contributed by atoms with E-state index in [0.717, 1.165) is 48.3 Å². The molecule has 0 atom stereocenters. The molecule has 0 spiro atoms. The molecular weight excluding hydrogens is 501 g/mol. The number of carbonyl (C=O) groups is 1. The van der Waals surface area contributed by atoms with Crippen LogP contribution in [-0.4, -0.2) is 60.0 Å². The van der Waals surface area contributed by atoms with Crippen molar-refractivity contribution in [3.8, 4) is 0 Å². The van der Waals surface area contributed by atoms with Crippen molar-refractivity contribution >= 4 is 52.4 Å². The van der Waals surface area contributed by atoms with Crippen LogP contribution in [0.25, 0.3) is 0 Å². The van der Waals surface area contributed by atoms with Crippen molar-refractivity contribution in [3.05, 3.63) is 75.9 Å². The molecule has 2 aromatic carbocycles. The molecule has 1 saturated heterocycles. The molecule has 0 N–H and O–H groups in total. The van der Waals surface area contributed by atoms with Gasteiger partial charge in [-0.2, -0.15) is 0 Å². The molecule has 6 nitrogen and oxygen atoms in total. The number of hydrogen-bond acceptors (Lipinski definition) is 6. The summed E-state index contributed by atoms with van der Waals surface area (Å²) in [6, 6.07) is 17.4. The van der Waals surface area contributed by atoms with Crippen LogP contribution in [-0.2, 0) is 5.75 Å². The average molecular weight is 531 g/mol. The standard InChI is InChI=1S/C26H29Cl2N5OS/c1-3-31(4-2)24-17-23(28)29-26(30-24)35-18-19-9-11-20(12-10-19)25(34)33-15-13-32(14-16-33)22-8-6-5-7-21(22)27/h5-12,17H,3-4,13-16,18H2,1-2H3. The normalized spacial score (nSPS) is 13.7. The minimum absolute atomic E-state index is 0.0602. The molecule has 1 aliphatic rings. The second-order valence-corrected chi connectivity index (χ2v) is 9.96. The fraction of sp³-hybridized carbons (Fsp3) is 0.346. The second kappa shape index (κ2) is 12.0. The lowest BCUT2D eigenvalue weighted by Gasteiger charge is -2.36. The van der Waals surface area contributed by atoms with Gasteiger partial charge in [-0.25, -0.2) is 9.97 Å². The number of halogens is 2. The lowest BCUT2D eigenvalue weighted by molar-refractivity contribution is 0.0747. The third-order valence-corrected chi connectivity index (χ3v) is 7.51. The minimum atomic E-state index is 0.0602. The maximum atomic E-state index is 13.0. The molecule has 0 radical (unpaired) electrons. The zero-order valence-corrected chi connectivity index (χ0v) is 22.3. The van der Waals surface area contributed by atoms with Crippen LogP contribution >= 0.6 is 35.0 Å².